The summed E-state index contributed by atoms with van der Waals surface area (Å²) in [5.74, 6) is 0. The van der Waals surface area contributed by atoms with Gasteiger partial charge in [-0.15, -0.1) is 0 Å². The normalized spacial score (nSPS) is 11.0. The molecule has 5 aromatic carbocycles. The maximum Gasteiger partial charge on any atom is 0.0436 e. The lowest BCUT2D eigenvalue weighted by Crippen LogP contribution is -2.02. The lowest BCUT2D eigenvalue weighted by Gasteiger charge is -2.18. The van der Waals surface area contributed by atoms with Gasteiger partial charge in [0.25, 0.3) is 0 Å². The Hall–Kier alpha value is -3.84. The molecule has 0 atom stereocenters. The highest BCUT2D eigenvalue weighted by atomic mass is 14.6. The molecule has 0 heterocycles. The summed E-state index contributed by atoms with van der Waals surface area (Å²) in [4.78, 5) is 0. The van der Waals surface area contributed by atoms with Crippen molar-refractivity contribution in [3.63, 3.8) is 0 Å². The van der Waals surface area contributed by atoms with Crippen LogP contribution in [0.15, 0.2) is 109 Å². The Morgan fingerprint density at radius 2 is 1.19 bits per heavy atom. The third kappa shape index (κ3) is 4.02. The first-order valence-electron chi connectivity index (χ1n) is 11.2. The molecular weight excluding hydrogens is 386 g/mol. The number of aryl methyl sites for hydroxylation is 1. The molecule has 1 heteroatoms. The topological polar surface area (TPSA) is 26.0 Å². The van der Waals surface area contributed by atoms with Crippen molar-refractivity contribution in [2.75, 3.05) is 5.73 Å². The summed E-state index contributed by atoms with van der Waals surface area (Å²) in [5, 5.41) is 2.40. The van der Waals surface area contributed by atoms with E-state index in [0.717, 1.165) is 23.9 Å². The number of benzene rings is 5. The molecule has 0 aliphatic rings. The Bertz CT molecular complexity index is 1350. The van der Waals surface area contributed by atoms with Gasteiger partial charge >= 0.3 is 0 Å². The van der Waals surface area contributed by atoms with Gasteiger partial charge in [-0.2, -0.15) is 0 Å². The molecule has 5 rings (SSSR count). The fourth-order valence-corrected chi connectivity index (χ4v) is 4.53. The van der Waals surface area contributed by atoms with Crippen LogP contribution < -0.4 is 5.73 Å². The Labute approximate surface area is 190 Å². The molecule has 0 aromatic heterocycles. The summed E-state index contributed by atoms with van der Waals surface area (Å²) in [6.45, 7) is 2.12. The Kier molecular flexibility index (Phi) is 5.47. The van der Waals surface area contributed by atoms with Crippen LogP contribution in [0.1, 0.15) is 27.8 Å². The second-order valence-electron chi connectivity index (χ2n) is 8.53. The highest BCUT2D eigenvalue weighted by Gasteiger charge is 2.15. The van der Waals surface area contributed by atoms with Crippen LogP contribution in [0.25, 0.3) is 21.9 Å². The molecule has 0 aliphatic carbocycles. The summed E-state index contributed by atoms with van der Waals surface area (Å²) in [7, 11) is 0. The van der Waals surface area contributed by atoms with Crippen LogP contribution in [0.3, 0.4) is 0 Å². The highest BCUT2D eigenvalue weighted by molar-refractivity contribution is 6.06. The van der Waals surface area contributed by atoms with Crippen molar-refractivity contribution in [1.29, 1.82) is 0 Å². The molecule has 5 aromatic rings. The average Bonchev–Trinajstić information content (AvgIpc) is 2.83. The van der Waals surface area contributed by atoms with E-state index in [1.807, 2.05) is 0 Å². The van der Waals surface area contributed by atoms with E-state index >= 15 is 0 Å². The molecule has 156 valence electrons. The Morgan fingerprint density at radius 3 is 1.81 bits per heavy atom. The first kappa shape index (κ1) is 20.1. The van der Waals surface area contributed by atoms with E-state index in [2.05, 4.69) is 116 Å². The van der Waals surface area contributed by atoms with Gasteiger partial charge in [0.1, 0.15) is 0 Å². The van der Waals surface area contributed by atoms with Crippen molar-refractivity contribution in [1.82, 2.24) is 0 Å². The smallest absolute Gasteiger partial charge is 0.0436 e. The minimum atomic E-state index is 0.826. The lowest BCUT2D eigenvalue weighted by atomic mass is 9.88. The van der Waals surface area contributed by atoms with Crippen LogP contribution in [0, 0.1) is 6.92 Å². The van der Waals surface area contributed by atoms with Crippen molar-refractivity contribution in [2.45, 2.75) is 19.8 Å². The number of anilines is 1. The average molecular weight is 414 g/mol. The highest BCUT2D eigenvalue weighted by Crippen LogP contribution is 2.38. The Morgan fingerprint density at radius 1 is 0.594 bits per heavy atom. The zero-order valence-corrected chi connectivity index (χ0v) is 18.4. The van der Waals surface area contributed by atoms with Crippen molar-refractivity contribution in [3.05, 3.63) is 137 Å². The minimum Gasteiger partial charge on any atom is -0.398 e. The largest absolute Gasteiger partial charge is 0.398 e. The van der Waals surface area contributed by atoms with Gasteiger partial charge in [0.05, 0.1) is 0 Å². The van der Waals surface area contributed by atoms with Gasteiger partial charge in [0.2, 0.25) is 0 Å². The molecule has 0 saturated carbocycles. The summed E-state index contributed by atoms with van der Waals surface area (Å²) in [6.07, 6.45) is 1.71. The fourth-order valence-electron chi connectivity index (χ4n) is 4.53. The zero-order valence-electron chi connectivity index (χ0n) is 18.4. The maximum absolute atomic E-state index is 6.90. The molecule has 0 amide bonds. The predicted octanol–water partition coefficient (Wildman–Crippen LogP) is 7.58. The molecule has 0 saturated heterocycles. The van der Waals surface area contributed by atoms with Gasteiger partial charge in [0, 0.05) is 11.1 Å². The predicted molar refractivity (Wildman–Crippen MR) is 137 cm³/mol. The van der Waals surface area contributed by atoms with E-state index in [0.29, 0.717) is 0 Å². The third-order valence-corrected chi connectivity index (χ3v) is 6.21. The molecule has 1 nitrogen and oxygen atoms in total. The van der Waals surface area contributed by atoms with Gasteiger partial charge in [-0.1, -0.05) is 115 Å². The van der Waals surface area contributed by atoms with E-state index in [1.165, 1.54) is 44.3 Å². The first-order valence-corrected chi connectivity index (χ1v) is 11.2. The van der Waals surface area contributed by atoms with Crippen LogP contribution in [-0.4, -0.2) is 0 Å². The minimum absolute atomic E-state index is 0.826. The first-order chi connectivity index (χ1) is 15.7. The summed E-state index contributed by atoms with van der Waals surface area (Å²) >= 11 is 0. The number of nitrogens with two attached hydrogens (primary N) is 1. The Balaban J connectivity index is 1.73. The van der Waals surface area contributed by atoms with Gasteiger partial charge in [-0.3, -0.25) is 0 Å². The van der Waals surface area contributed by atoms with Crippen LogP contribution in [0.2, 0.25) is 0 Å². The standard InChI is InChI=1S/C31H27N/c1-22-15-17-25(18-16-22)28-13-8-14-29-26(19-23-9-4-2-5-10-23)21-27(31(32)30(28)29)20-24-11-6-3-7-12-24/h2-18,21H,19-20,32H2,1H3. The number of fused-ring (bicyclic) bond motifs is 1. The monoisotopic (exact) mass is 413 g/mol. The summed E-state index contributed by atoms with van der Waals surface area (Å²) < 4.78 is 0. The van der Waals surface area contributed by atoms with E-state index in [4.69, 9.17) is 5.73 Å². The van der Waals surface area contributed by atoms with E-state index in [9.17, 15) is 0 Å². The number of hydrogen-bond acceptors (Lipinski definition) is 1. The van der Waals surface area contributed by atoms with Crippen molar-refractivity contribution < 1.29 is 0 Å². The second kappa shape index (κ2) is 8.72. The van der Waals surface area contributed by atoms with E-state index in [-0.39, 0.29) is 0 Å². The molecule has 0 unspecified atom stereocenters. The van der Waals surface area contributed by atoms with Crippen LogP contribution in [0.4, 0.5) is 5.69 Å². The third-order valence-electron chi connectivity index (χ3n) is 6.21. The zero-order chi connectivity index (χ0) is 21.9. The van der Waals surface area contributed by atoms with E-state index in [1.54, 1.807) is 0 Å². The summed E-state index contributed by atoms with van der Waals surface area (Å²) in [5.41, 5.74) is 16.5. The molecular formula is C31H27N. The number of hydrogen-bond donors (Lipinski definition) is 1. The van der Waals surface area contributed by atoms with Crippen molar-refractivity contribution >= 4 is 16.5 Å². The molecule has 0 spiro atoms. The van der Waals surface area contributed by atoms with Gasteiger partial charge in [-0.25, -0.2) is 0 Å². The summed E-state index contributed by atoms with van der Waals surface area (Å²) in [6, 6.07) is 38.9. The van der Waals surface area contributed by atoms with Crippen LogP contribution in [0.5, 0.6) is 0 Å². The molecule has 32 heavy (non-hydrogen) atoms. The molecule has 2 N–H and O–H groups in total. The van der Waals surface area contributed by atoms with Crippen molar-refractivity contribution in [3.8, 4) is 11.1 Å². The molecule has 0 bridgehead atoms. The van der Waals surface area contributed by atoms with Crippen LogP contribution in [-0.2, 0) is 12.8 Å². The SMILES string of the molecule is Cc1ccc(-c2cccc3c(Cc4ccccc4)cc(Cc4ccccc4)c(N)c23)cc1. The molecule has 0 radical (unpaired) electrons. The molecule has 0 fully saturated rings. The molecule has 0 aliphatic heterocycles. The number of rotatable bonds is 5. The fraction of sp³-hybridized carbons (Fsp3) is 0.0968. The van der Waals surface area contributed by atoms with Gasteiger partial charge < -0.3 is 5.73 Å². The lowest BCUT2D eigenvalue weighted by molar-refractivity contribution is 1.16. The number of nitrogen functional groups attached to an aromatic ring is 1. The van der Waals surface area contributed by atoms with Crippen LogP contribution >= 0.6 is 0 Å². The van der Waals surface area contributed by atoms with Gasteiger partial charge in [0.15, 0.2) is 0 Å². The quantitative estimate of drug-likeness (QED) is 0.295. The second-order valence-corrected chi connectivity index (χ2v) is 8.53. The van der Waals surface area contributed by atoms with Crippen molar-refractivity contribution in [2.24, 2.45) is 0 Å². The van der Waals surface area contributed by atoms with Gasteiger partial charge in [-0.05, 0) is 58.5 Å². The van der Waals surface area contributed by atoms with E-state index < -0.39 is 0 Å². The maximum atomic E-state index is 6.90.